The maximum atomic E-state index is 4.63. The molecule has 0 saturated heterocycles. The fourth-order valence-corrected chi connectivity index (χ4v) is 2.25. The average molecular weight is 270 g/mol. The molecule has 0 aliphatic rings. The molecule has 6 heteroatoms. The predicted octanol–water partition coefficient (Wildman–Crippen LogP) is 1.03. The van der Waals surface area contributed by atoms with E-state index in [4.69, 9.17) is 0 Å². The van der Waals surface area contributed by atoms with Crippen LogP contribution in [0.2, 0.25) is 0 Å². The van der Waals surface area contributed by atoms with Gasteiger partial charge in [-0.1, -0.05) is 12.1 Å². The van der Waals surface area contributed by atoms with Crippen LogP contribution in [0.3, 0.4) is 0 Å². The number of imidazole rings is 1. The lowest BCUT2D eigenvalue weighted by atomic mass is 10.3. The molecule has 6 nitrogen and oxygen atoms in total. The van der Waals surface area contributed by atoms with Crippen LogP contribution in [-0.2, 0) is 27.1 Å². The summed E-state index contributed by atoms with van der Waals surface area (Å²) in [7, 11) is 3.93. The summed E-state index contributed by atoms with van der Waals surface area (Å²) >= 11 is 0. The highest BCUT2D eigenvalue weighted by atomic mass is 15.3. The van der Waals surface area contributed by atoms with Gasteiger partial charge < -0.3 is 9.88 Å². The second kappa shape index (κ2) is 5.42. The molecule has 0 atom stereocenters. The highest BCUT2D eigenvalue weighted by Crippen LogP contribution is 2.13. The highest BCUT2D eigenvalue weighted by Gasteiger charge is 2.06. The second-order valence-electron chi connectivity index (χ2n) is 4.84. The minimum Gasteiger partial charge on any atom is -0.330 e. The molecule has 0 unspecified atom stereocenters. The Morgan fingerprint density at radius 1 is 1.20 bits per heavy atom. The minimum absolute atomic E-state index is 0.748. The molecule has 3 rings (SSSR count). The van der Waals surface area contributed by atoms with Gasteiger partial charge in [0.25, 0.3) is 0 Å². The van der Waals surface area contributed by atoms with Crippen molar-refractivity contribution in [1.82, 2.24) is 29.6 Å². The first-order chi connectivity index (χ1) is 9.74. The maximum Gasteiger partial charge on any atom is 0.151 e. The van der Waals surface area contributed by atoms with E-state index in [1.165, 1.54) is 0 Å². The first kappa shape index (κ1) is 12.8. The number of aromatic nitrogens is 5. The molecule has 104 valence electrons. The van der Waals surface area contributed by atoms with Gasteiger partial charge in [0.15, 0.2) is 5.82 Å². The van der Waals surface area contributed by atoms with Crippen molar-refractivity contribution in [2.24, 2.45) is 14.1 Å². The van der Waals surface area contributed by atoms with Crippen molar-refractivity contribution in [2.75, 3.05) is 6.54 Å². The standard InChI is InChI=1S/C14H18N6/c1-19-10-16-13(18-19)7-8-15-9-14-17-11-5-3-4-6-12(11)20(14)2/h3-6,10,15H,7-9H2,1-2H3. The summed E-state index contributed by atoms with van der Waals surface area (Å²) < 4.78 is 3.85. The molecule has 0 spiro atoms. The highest BCUT2D eigenvalue weighted by molar-refractivity contribution is 5.75. The number of nitrogens with zero attached hydrogens (tertiary/aromatic N) is 5. The molecule has 1 N–H and O–H groups in total. The minimum atomic E-state index is 0.748. The summed E-state index contributed by atoms with van der Waals surface area (Å²) in [6.07, 6.45) is 2.55. The van der Waals surface area contributed by atoms with Crippen LogP contribution in [0.4, 0.5) is 0 Å². The number of para-hydroxylation sites is 2. The molecule has 0 aliphatic carbocycles. The van der Waals surface area contributed by atoms with Crippen LogP contribution in [0, 0.1) is 0 Å². The van der Waals surface area contributed by atoms with Crippen LogP contribution in [0.1, 0.15) is 11.6 Å². The normalized spacial score (nSPS) is 11.3. The van der Waals surface area contributed by atoms with Crippen LogP contribution >= 0.6 is 0 Å². The van der Waals surface area contributed by atoms with Crippen molar-refractivity contribution in [3.8, 4) is 0 Å². The van der Waals surface area contributed by atoms with E-state index in [9.17, 15) is 0 Å². The smallest absolute Gasteiger partial charge is 0.151 e. The van der Waals surface area contributed by atoms with E-state index < -0.39 is 0 Å². The molecule has 1 aromatic carbocycles. The predicted molar refractivity (Wildman–Crippen MR) is 77.1 cm³/mol. The number of hydrogen-bond acceptors (Lipinski definition) is 4. The molecule has 0 fully saturated rings. The van der Waals surface area contributed by atoms with Gasteiger partial charge in [-0.25, -0.2) is 9.97 Å². The summed E-state index contributed by atoms with van der Waals surface area (Å²) in [6.45, 7) is 1.59. The van der Waals surface area contributed by atoms with E-state index in [0.29, 0.717) is 0 Å². The maximum absolute atomic E-state index is 4.63. The largest absolute Gasteiger partial charge is 0.330 e. The van der Waals surface area contributed by atoms with Crippen LogP contribution in [0.5, 0.6) is 0 Å². The molecule has 2 heterocycles. The van der Waals surface area contributed by atoms with E-state index in [-0.39, 0.29) is 0 Å². The van der Waals surface area contributed by atoms with Gasteiger partial charge in [-0.2, -0.15) is 5.10 Å². The number of nitrogens with one attached hydrogen (secondary N) is 1. The zero-order valence-corrected chi connectivity index (χ0v) is 11.7. The molecule has 0 aliphatic heterocycles. The summed E-state index contributed by atoms with van der Waals surface area (Å²) in [5.74, 6) is 1.91. The van der Waals surface area contributed by atoms with Gasteiger partial charge in [-0.05, 0) is 12.1 Å². The Morgan fingerprint density at radius 3 is 2.80 bits per heavy atom. The van der Waals surface area contributed by atoms with E-state index in [1.807, 2.05) is 32.3 Å². The average Bonchev–Trinajstić information content (AvgIpc) is 3.00. The second-order valence-corrected chi connectivity index (χ2v) is 4.84. The molecular formula is C14H18N6. The number of rotatable bonds is 5. The quantitative estimate of drug-likeness (QED) is 0.704. The van der Waals surface area contributed by atoms with Crippen LogP contribution < -0.4 is 5.32 Å². The summed E-state index contributed by atoms with van der Waals surface area (Å²) in [4.78, 5) is 8.83. The SMILES string of the molecule is Cn1cnc(CCNCc2nc3ccccc3n2C)n1. The van der Waals surface area contributed by atoms with Gasteiger partial charge in [-0.15, -0.1) is 0 Å². The molecule has 0 bridgehead atoms. The topological polar surface area (TPSA) is 60.6 Å². The monoisotopic (exact) mass is 270 g/mol. The van der Waals surface area contributed by atoms with Crippen molar-refractivity contribution >= 4 is 11.0 Å². The Labute approximate surface area is 117 Å². The first-order valence-electron chi connectivity index (χ1n) is 6.69. The van der Waals surface area contributed by atoms with Crippen LogP contribution in [0.15, 0.2) is 30.6 Å². The molecule has 0 radical (unpaired) electrons. The van der Waals surface area contributed by atoms with E-state index in [0.717, 1.165) is 42.2 Å². The lowest BCUT2D eigenvalue weighted by molar-refractivity contribution is 0.628. The Balaban J connectivity index is 1.58. The molecular weight excluding hydrogens is 252 g/mol. The zero-order chi connectivity index (χ0) is 13.9. The number of benzene rings is 1. The van der Waals surface area contributed by atoms with Gasteiger partial charge in [0.1, 0.15) is 12.2 Å². The molecule has 20 heavy (non-hydrogen) atoms. The van der Waals surface area contributed by atoms with Gasteiger partial charge in [0.05, 0.1) is 17.6 Å². The third-order valence-electron chi connectivity index (χ3n) is 3.34. The van der Waals surface area contributed by atoms with E-state index in [1.54, 1.807) is 11.0 Å². The van der Waals surface area contributed by atoms with Gasteiger partial charge in [0.2, 0.25) is 0 Å². The number of hydrogen-bond donors (Lipinski definition) is 1. The molecule has 2 aromatic heterocycles. The molecule has 3 aromatic rings. The van der Waals surface area contributed by atoms with Crippen molar-refractivity contribution in [1.29, 1.82) is 0 Å². The third kappa shape index (κ3) is 2.55. The van der Waals surface area contributed by atoms with Crippen LogP contribution in [-0.4, -0.2) is 30.9 Å². The van der Waals surface area contributed by atoms with Crippen molar-refractivity contribution in [3.05, 3.63) is 42.2 Å². The van der Waals surface area contributed by atoms with Crippen molar-refractivity contribution in [2.45, 2.75) is 13.0 Å². The third-order valence-corrected chi connectivity index (χ3v) is 3.34. The summed E-state index contributed by atoms with van der Waals surface area (Å²) in [5.41, 5.74) is 2.20. The zero-order valence-electron chi connectivity index (χ0n) is 11.7. The van der Waals surface area contributed by atoms with Crippen LogP contribution in [0.25, 0.3) is 11.0 Å². The van der Waals surface area contributed by atoms with Gasteiger partial charge >= 0.3 is 0 Å². The fourth-order valence-electron chi connectivity index (χ4n) is 2.25. The van der Waals surface area contributed by atoms with E-state index >= 15 is 0 Å². The summed E-state index contributed by atoms with van der Waals surface area (Å²) in [6, 6.07) is 8.17. The summed E-state index contributed by atoms with van der Waals surface area (Å²) in [5, 5.41) is 7.64. The Morgan fingerprint density at radius 2 is 2.05 bits per heavy atom. The van der Waals surface area contributed by atoms with Gasteiger partial charge in [-0.3, -0.25) is 4.68 Å². The molecule has 0 saturated carbocycles. The Kier molecular flexibility index (Phi) is 3.47. The Bertz CT molecular complexity index is 711. The number of aryl methyl sites for hydroxylation is 2. The first-order valence-corrected chi connectivity index (χ1v) is 6.69. The Hall–Kier alpha value is -2.21. The lowest BCUT2D eigenvalue weighted by Gasteiger charge is -2.03. The van der Waals surface area contributed by atoms with Crippen molar-refractivity contribution < 1.29 is 0 Å². The van der Waals surface area contributed by atoms with Gasteiger partial charge in [0, 0.05) is 27.1 Å². The lowest BCUT2D eigenvalue weighted by Crippen LogP contribution is -2.19. The fraction of sp³-hybridized carbons (Fsp3) is 0.357. The molecule has 0 amide bonds. The van der Waals surface area contributed by atoms with Crippen molar-refractivity contribution in [3.63, 3.8) is 0 Å². The number of fused-ring (bicyclic) bond motifs is 1. The van der Waals surface area contributed by atoms with E-state index in [2.05, 4.69) is 31.0 Å².